The quantitative estimate of drug-likeness (QED) is 0.428. The van der Waals surface area contributed by atoms with Crippen molar-refractivity contribution in [3.05, 3.63) is 59.8 Å². The first kappa shape index (κ1) is 18.0. The van der Waals surface area contributed by atoms with Crippen LogP contribution in [-0.4, -0.2) is 19.0 Å². The van der Waals surface area contributed by atoms with Gasteiger partial charge in [-0.15, -0.1) is 0 Å². The molecule has 0 heterocycles. The van der Waals surface area contributed by atoms with Gasteiger partial charge in [-0.3, -0.25) is 4.99 Å². The van der Waals surface area contributed by atoms with Gasteiger partial charge in [-0.25, -0.2) is 0 Å². The Morgan fingerprint density at radius 2 is 1.86 bits per heavy atom. The Bertz CT molecular complexity index is 618. The van der Waals surface area contributed by atoms with Gasteiger partial charge in [0, 0.05) is 18.2 Å². The van der Waals surface area contributed by atoms with Crippen molar-refractivity contribution in [3.8, 4) is 0 Å². The number of rotatable bonds is 7. The Kier molecular flexibility index (Phi) is 7.40. The van der Waals surface area contributed by atoms with E-state index in [1.165, 1.54) is 11.9 Å². The van der Waals surface area contributed by atoms with Crippen molar-refractivity contribution in [2.45, 2.75) is 25.7 Å². The number of allylic oxidation sites excluding steroid dienone is 5. The van der Waals surface area contributed by atoms with Crippen LogP contribution in [0.3, 0.4) is 0 Å². The third-order valence-corrected chi connectivity index (χ3v) is 3.77. The molecule has 1 aromatic carbocycles. The molecular formula is C18H23N3S. The molecule has 1 aromatic rings. The maximum atomic E-state index is 7.76. The molecule has 2 N–H and O–H groups in total. The van der Waals surface area contributed by atoms with Crippen molar-refractivity contribution in [1.29, 1.82) is 5.41 Å². The summed E-state index contributed by atoms with van der Waals surface area (Å²) in [6, 6.07) is 8.21. The minimum absolute atomic E-state index is 0.542. The van der Waals surface area contributed by atoms with E-state index in [9.17, 15) is 0 Å². The highest BCUT2D eigenvalue weighted by Gasteiger charge is 2.04. The molecule has 0 saturated carbocycles. The van der Waals surface area contributed by atoms with Crippen LogP contribution in [-0.2, 0) is 0 Å². The summed E-state index contributed by atoms with van der Waals surface area (Å²) in [7, 11) is 1.74. The molecule has 0 aliphatic heterocycles. The van der Waals surface area contributed by atoms with Gasteiger partial charge in [-0.1, -0.05) is 30.4 Å². The van der Waals surface area contributed by atoms with Gasteiger partial charge >= 0.3 is 0 Å². The van der Waals surface area contributed by atoms with Crippen LogP contribution in [0.25, 0.3) is 5.57 Å². The highest BCUT2D eigenvalue weighted by Crippen LogP contribution is 2.21. The highest BCUT2D eigenvalue weighted by molar-refractivity contribution is 7.97. The molecule has 0 amide bonds. The molecule has 4 heteroatoms. The summed E-state index contributed by atoms with van der Waals surface area (Å²) in [6.07, 6.45) is 5.52. The lowest BCUT2D eigenvalue weighted by Gasteiger charge is -2.11. The predicted octanol–water partition coefficient (Wildman–Crippen LogP) is 4.89. The summed E-state index contributed by atoms with van der Waals surface area (Å²) in [6.45, 7) is 9.62. The van der Waals surface area contributed by atoms with Crippen LogP contribution >= 0.6 is 11.9 Å². The van der Waals surface area contributed by atoms with Crippen LogP contribution in [0.1, 0.15) is 26.3 Å². The zero-order chi connectivity index (χ0) is 16.5. The van der Waals surface area contributed by atoms with Crippen molar-refractivity contribution in [3.63, 3.8) is 0 Å². The zero-order valence-corrected chi connectivity index (χ0v) is 14.4. The lowest BCUT2D eigenvalue weighted by Crippen LogP contribution is -2.12. The number of hydrogen-bond acceptors (Lipinski definition) is 4. The van der Waals surface area contributed by atoms with Gasteiger partial charge in [0.1, 0.15) is 0 Å². The summed E-state index contributed by atoms with van der Waals surface area (Å²) >= 11 is 1.51. The van der Waals surface area contributed by atoms with Crippen molar-refractivity contribution in [1.82, 2.24) is 4.72 Å². The van der Waals surface area contributed by atoms with E-state index in [0.29, 0.717) is 5.71 Å². The minimum atomic E-state index is 0.542. The number of aliphatic imine (C=N–C) groups is 1. The third-order valence-electron chi connectivity index (χ3n) is 2.96. The smallest absolute Gasteiger partial charge is 0.0636 e. The molecule has 0 saturated heterocycles. The van der Waals surface area contributed by atoms with E-state index in [0.717, 1.165) is 27.3 Å². The fourth-order valence-electron chi connectivity index (χ4n) is 1.82. The van der Waals surface area contributed by atoms with E-state index >= 15 is 0 Å². The second-order valence-electron chi connectivity index (χ2n) is 4.96. The lowest BCUT2D eigenvalue weighted by atomic mass is 10.1. The molecule has 0 bridgehead atoms. The molecule has 0 radical (unpaired) electrons. The highest BCUT2D eigenvalue weighted by atomic mass is 32.2. The Morgan fingerprint density at radius 3 is 2.32 bits per heavy atom. The maximum absolute atomic E-state index is 7.76. The number of nitrogens with zero attached hydrogens (tertiary/aromatic N) is 1. The molecule has 0 spiro atoms. The Balaban J connectivity index is 2.84. The van der Waals surface area contributed by atoms with Gasteiger partial charge in [0.25, 0.3) is 0 Å². The topological polar surface area (TPSA) is 48.2 Å². The second-order valence-corrected chi connectivity index (χ2v) is 5.84. The fraction of sp³-hybridized carbons (Fsp3) is 0.222. The molecule has 0 fully saturated rings. The SMILES string of the molecule is C=C/C(=C\C=NC)c1ccc(SNC(C(C)=N)=C(C)C)cc1. The van der Waals surface area contributed by atoms with Gasteiger partial charge in [-0.2, -0.15) is 0 Å². The normalized spacial score (nSPS) is 11.4. The number of nitrogens with one attached hydrogen (secondary N) is 2. The van der Waals surface area contributed by atoms with E-state index in [-0.39, 0.29) is 0 Å². The predicted molar refractivity (Wildman–Crippen MR) is 99.8 cm³/mol. The zero-order valence-electron chi connectivity index (χ0n) is 13.6. The Labute approximate surface area is 137 Å². The molecule has 0 aliphatic carbocycles. The van der Waals surface area contributed by atoms with Gasteiger partial charge in [0.05, 0.1) is 11.4 Å². The second kappa shape index (κ2) is 9.05. The maximum Gasteiger partial charge on any atom is 0.0636 e. The number of hydrogen-bond donors (Lipinski definition) is 2. The summed E-state index contributed by atoms with van der Waals surface area (Å²) in [5, 5.41) is 7.76. The largest absolute Gasteiger partial charge is 0.324 e. The van der Waals surface area contributed by atoms with Crippen LogP contribution < -0.4 is 4.72 Å². The first-order valence-electron chi connectivity index (χ1n) is 7.00. The van der Waals surface area contributed by atoms with Crippen LogP contribution in [0.4, 0.5) is 0 Å². The molecule has 3 nitrogen and oxygen atoms in total. The van der Waals surface area contributed by atoms with Gasteiger partial charge in [0.15, 0.2) is 0 Å². The standard InChI is InChI=1S/C18H23N3S/c1-6-15(11-12-20-5)16-7-9-17(10-8-16)22-21-18(13(2)3)14(4)19/h6-12,19,21H,1H2,2-5H3/b15-11+,19-14?,20-12?. The minimum Gasteiger partial charge on any atom is -0.324 e. The summed E-state index contributed by atoms with van der Waals surface area (Å²) in [4.78, 5) is 5.05. The fourth-order valence-corrected chi connectivity index (χ4v) is 2.67. The van der Waals surface area contributed by atoms with E-state index < -0.39 is 0 Å². The molecule has 0 atom stereocenters. The third kappa shape index (κ3) is 5.37. The molecule has 0 aromatic heterocycles. The van der Waals surface area contributed by atoms with Gasteiger partial charge < -0.3 is 10.1 Å². The molecule has 1 rings (SSSR count). The van der Waals surface area contributed by atoms with Crippen LogP contribution in [0, 0.1) is 5.41 Å². The monoisotopic (exact) mass is 313 g/mol. The van der Waals surface area contributed by atoms with Crippen molar-refractivity contribution in [2.75, 3.05) is 7.05 Å². The summed E-state index contributed by atoms with van der Waals surface area (Å²) in [5.41, 5.74) is 4.66. The van der Waals surface area contributed by atoms with Crippen molar-refractivity contribution >= 4 is 29.4 Å². The first-order chi connectivity index (χ1) is 10.5. The summed E-state index contributed by atoms with van der Waals surface area (Å²) in [5.74, 6) is 0. The van der Waals surface area contributed by atoms with E-state index in [2.05, 4.69) is 40.6 Å². The summed E-state index contributed by atoms with van der Waals surface area (Å²) < 4.78 is 3.25. The molecule has 22 heavy (non-hydrogen) atoms. The van der Waals surface area contributed by atoms with Crippen LogP contribution in [0.15, 0.2) is 64.2 Å². The molecular weight excluding hydrogens is 290 g/mol. The first-order valence-corrected chi connectivity index (χ1v) is 7.82. The lowest BCUT2D eigenvalue weighted by molar-refractivity contribution is 1.18. The molecule has 0 aliphatic rings. The van der Waals surface area contributed by atoms with Crippen LogP contribution in [0.2, 0.25) is 0 Å². The van der Waals surface area contributed by atoms with Crippen molar-refractivity contribution in [2.24, 2.45) is 4.99 Å². The van der Waals surface area contributed by atoms with Gasteiger partial charge in [0.2, 0.25) is 0 Å². The average Bonchev–Trinajstić information content (AvgIpc) is 2.49. The van der Waals surface area contributed by atoms with E-state index in [1.807, 2.05) is 26.0 Å². The van der Waals surface area contributed by atoms with Crippen LogP contribution in [0.5, 0.6) is 0 Å². The molecule has 116 valence electrons. The average molecular weight is 313 g/mol. The Hall–Kier alpha value is -2.07. The van der Waals surface area contributed by atoms with E-state index in [1.54, 1.807) is 20.2 Å². The van der Waals surface area contributed by atoms with Crippen molar-refractivity contribution < 1.29 is 0 Å². The van der Waals surface area contributed by atoms with Gasteiger partial charge in [-0.05, 0) is 62.1 Å². The van der Waals surface area contributed by atoms with E-state index in [4.69, 9.17) is 5.41 Å². The Morgan fingerprint density at radius 1 is 1.23 bits per heavy atom. The number of benzene rings is 1. The molecule has 0 unspecified atom stereocenters.